The van der Waals surface area contributed by atoms with Gasteiger partial charge in [-0.1, -0.05) is 17.8 Å². The molecule has 0 radical (unpaired) electrons. The lowest BCUT2D eigenvalue weighted by atomic mass is 10.3. The highest BCUT2D eigenvalue weighted by Gasteiger charge is 2.33. The molecule has 60 heavy (non-hydrogen) atoms. The topological polar surface area (TPSA) is 184 Å². The number of sulfonamides is 3. The molecule has 0 amide bonds. The lowest BCUT2D eigenvalue weighted by Crippen LogP contribution is -2.29. The van der Waals surface area contributed by atoms with Crippen molar-refractivity contribution in [3.63, 3.8) is 0 Å². The van der Waals surface area contributed by atoms with E-state index in [1.807, 2.05) is 0 Å². The summed E-state index contributed by atoms with van der Waals surface area (Å²) in [5, 5.41) is 6.36. The Bertz CT molecular complexity index is 2120. The summed E-state index contributed by atoms with van der Waals surface area (Å²) >= 11 is 12.9. The molecule has 2 N–H and O–H groups in total. The second-order valence-corrected chi connectivity index (χ2v) is 21.2. The molecular formula is C39H50N8O7S6. The van der Waals surface area contributed by atoms with Crippen molar-refractivity contribution in [3.05, 3.63) is 55.0 Å². The van der Waals surface area contributed by atoms with Crippen LogP contribution in [-0.4, -0.2) is 128 Å². The Morgan fingerprint density at radius 1 is 0.617 bits per heavy atom. The lowest BCUT2D eigenvalue weighted by molar-refractivity contribution is 0.352. The van der Waals surface area contributed by atoms with E-state index in [0.29, 0.717) is 63.1 Å². The van der Waals surface area contributed by atoms with E-state index in [-0.39, 0.29) is 38.2 Å². The van der Waals surface area contributed by atoms with Gasteiger partial charge in [-0.3, -0.25) is 0 Å². The Labute approximate surface area is 371 Å². The third kappa shape index (κ3) is 14.2. The van der Waals surface area contributed by atoms with Crippen LogP contribution >= 0.6 is 37.9 Å². The molecule has 21 heteroatoms. The van der Waals surface area contributed by atoms with E-state index in [1.54, 1.807) is 57.2 Å². The minimum absolute atomic E-state index is 0.0751. The number of ether oxygens (including phenoxy) is 1. The first-order chi connectivity index (χ1) is 28.6. The van der Waals surface area contributed by atoms with Crippen LogP contribution in [0.2, 0.25) is 0 Å². The second kappa shape index (κ2) is 23.5. The van der Waals surface area contributed by atoms with Gasteiger partial charge in [0.25, 0.3) is 10.0 Å². The van der Waals surface area contributed by atoms with E-state index in [4.69, 9.17) is 4.74 Å². The third-order valence-electron chi connectivity index (χ3n) is 9.01. The van der Waals surface area contributed by atoms with Crippen molar-refractivity contribution in [1.29, 1.82) is 0 Å². The summed E-state index contributed by atoms with van der Waals surface area (Å²) < 4.78 is 83.6. The number of anilines is 2. The van der Waals surface area contributed by atoms with Gasteiger partial charge >= 0.3 is 0 Å². The summed E-state index contributed by atoms with van der Waals surface area (Å²) in [5.41, 5.74) is 0.861. The zero-order valence-corrected chi connectivity index (χ0v) is 38.7. The number of rotatable bonds is 12. The van der Waals surface area contributed by atoms with Crippen molar-refractivity contribution in [2.45, 2.75) is 70.6 Å². The highest BCUT2D eigenvalue weighted by atomic mass is 32.2. The van der Waals surface area contributed by atoms with Gasteiger partial charge in [-0.15, -0.1) is 17.8 Å². The fraction of sp³-hybridized carbons (Fsp3) is 0.462. The largest absolute Gasteiger partial charge is 0.463 e. The molecule has 2 aromatic heterocycles. The number of nitrogens with zero attached hydrogens (tertiary/aromatic N) is 6. The number of hydrogen-bond acceptors (Lipinski definition) is 15. The number of hydrogen-bond donors (Lipinski definition) is 5. The smallest absolute Gasteiger partial charge is 0.262 e. The second-order valence-electron chi connectivity index (χ2n) is 13.3. The van der Waals surface area contributed by atoms with Crippen LogP contribution in [0, 0.1) is 35.5 Å². The molecule has 3 unspecified atom stereocenters. The van der Waals surface area contributed by atoms with Crippen LogP contribution < -0.4 is 15.4 Å². The van der Waals surface area contributed by atoms with Crippen molar-refractivity contribution in [2.24, 2.45) is 0 Å². The summed E-state index contributed by atoms with van der Waals surface area (Å²) in [6.07, 6.45) is 6.20. The number of benzene rings is 1. The number of aromatic nitrogens is 3. The van der Waals surface area contributed by atoms with E-state index in [9.17, 15) is 25.3 Å². The highest BCUT2D eigenvalue weighted by molar-refractivity contribution is 7.90. The molecule has 3 aliphatic rings. The standard InChI is InChI=1S/C14H18N2O2S2.C13H17N3O2S2.C12H15N3O3S2/c1-2-3-9-15-12-4-6-14(7-5-12)20(17,18)16-10-8-13(19)11-16;1-2-3-7-14-13-5-4-12(9-15-13)20(17,18)16-8-6-11(19)10-16;1-2-3-6-18-11-7-14-12(8-13-11)20(16,17)15-5-4-10(19)9-15/h4-7,13,15,19H,8-11H2,1H3;4-5,9,11,19H,6-8,10H2,1H3,(H,14,15);7-8,10,19H,4-6,9H2,1H3. The Morgan fingerprint density at radius 3 is 1.57 bits per heavy atom. The normalized spacial score (nSPS) is 19.4. The summed E-state index contributed by atoms with van der Waals surface area (Å²) in [4.78, 5) is 12.5. The van der Waals surface area contributed by atoms with Gasteiger partial charge in [0.05, 0.1) is 30.4 Å². The molecule has 3 atom stereocenters. The average molecular weight is 935 g/mol. The fourth-order valence-electron chi connectivity index (χ4n) is 5.75. The predicted molar refractivity (Wildman–Crippen MR) is 244 cm³/mol. The van der Waals surface area contributed by atoms with Crippen molar-refractivity contribution in [3.8, 4) is 41.4 Å². The number of pyridine rings is 1. The Balaban J connectivity index is 0.000000198. The zero-order chi connectivity index (χ0) is 43.8. The van der Waals surface area contributed by atoms with Crippen LogP contribution in [0.4, 0.5) is 11.5 Å². The van der Waals surface area contributed by atoms with Crippen LogP contribution in [0.25, 0.3) is 0 Å². The molecule has 0 aliphatic carbocycles. The summed E-state index contributed by atoms with van der Waals surface area (Å²) in [6, 6.07) is 10.00. The van der Waals surface area contributed by atoms with Gasteiger partial charge in [-0.2, -0.15) is 50.8 Å². The van der Waals surface area contributed by atoms with Gasteiger partial charge < -0.3 is 15.4 Å². The van der Waals surface area contributed by atoms with Gasteiger partial charge in [0.15, 0.2) is 11.6 Å². The van der Waals surface area contributed by atoms with Crippen molar-refractivity contribution >= 4 is 79.5 Å². The van der Waals surface area contributed by atoms with E-state index in [2.05, 4.69) is 99.0 Å². The first-order valence-electron chi connectivity index (χ1n) is 18.8. The summed E-state index contributed by atoms with van der Waals surface area (Å²) in [7, 11) is -10.4. The van der Waals surface area contributed by atoms with E-state index in [1.165, 1.54) is 31.5 Å². The first kappa shape index (κ1) is 49.0. The van der Waals surface area contributed by atoms with Crippen molar-refractivity contribution in [2.75, 3.05) is 69.6 Å². The molecule has 0 bridgehead atoms. The Morgan fingerprint density at radius 2 is 1.12 bits per heavy atom. The van der Waals surface area contributed by atoms with Gasteiger partial charge in [-0.25, -0.2) is 40.2 Å². The van der Waals surface area contributed by atoms with E-state index >= 15 is 0 Å². The van der Waals surface area contributed by atoms with Crippen LogP contribution in [0.3, 0.4) is 0 Å². The number of nitrogens with one attached hydrogen (secondary N) is 2. The lowest BCUT2D eigenvalue weighted by Gasteiger charge is -2.16. The molecule has 0 saturated carbocycles. The van der Waals surface area contributed by atoms with Gasteiger partial charge in [0, 0.05) is 66.9 Å². The molecule has 6 rings (SSSR count). The van der Waals surface area contributed by atoms with Crippen LogP contribution in [0.1, 0.15) is 40.0 Å². The van der Waals surface area contributed by atoms with E-state index < -0.39 is 30.1 Å². The predicted octanol–water partition coefficient (Wildman–Crippen LogP) is 3.60. The molecule has 3 aliphatic heterocycles. The average Bonchev–Trinajstić information content (AvgIpc) is 4.01. The maximum atomic E-state index is 12.4. The first-order valence-corrected chi connectivity index (χ1v) is 24.7. The Hall–Kier alpha value is -3.69. The maximum Gasteiger partial charge on any atom is 0.262 e. The molecule has 3 saturated heterocycles. The molecule has 324 valence electrons. The minimum atomic E-state index is -3.59. The van der Waals surface area contributed by atoms with Crippen LogP contribution in [0.15, 0.2) is 69.8 Å². The quantitative estimate of drug-likeness (QED) is 0.132. The third-order valence-corrected chi connectivity index (χ3v) is 15.8. The Kier molecular flexibility index (Phi) is 19.2. The van der Waals surface area contributed by atoms with Crippen LogP contribution in [-0.2, 0) is 30.1 Å². The van der Waals surface area contributed by atoms with Crippen molar-refractivity contribution < 1.29 is 30.0 Å². The molecule has 3 aromatic rings. The van der Waals surface area contributed by atoms with Gasteiger partial charge in [-0.05, 0) is 76.4 Å². The summed E-state index contributed by atoms with van der Waals surface area (Å²) in [5.74, 6) is 17.6. The molecule has 3 fully saturated rings. The van der Waals surface area contributed by atoms with Gasteiger partial charge in [0.2, 0.25) is 25.9 Å². The summed E-state index contributed by atoms with van der Waals surface area (Å²) in [6.45, 7) is 9.34. The SMILES string of the molecule is CC#CCNc1ccc(S(=O)(=O)N2CCC(S)C2)cc1.CC#CCNc1ccc(S(=O)(=O)N2CCC(S)C2)cn1.CC#CCOc1cnc(S(=O)(=O)N2CCC(S)C2)cn1. The monoisotopic (exact) mass is 934 g/mol. The molecular weight excluding hydrogens is 885 g/mol. The molecule has 5 heterocycles. The number of thiol groups is 3. The van der Waals surface area contributed by atoms with Crippen molar-refractivity contribution in [1.82, 2.24) is 27.9 Å². The van der Waals surface area contributed by atoms with Gasteiger partial charge in [0.1, 0.15) is 10.7 Å². The van der Waals surface area contributed by atoms with Crippen LogP contribution in [0.5, 0.6) is 5.88 Å². The molecule has 1 aromatic carbocycles. The zero-order valence-electron chi connectivity index (χ0n) is 33.5. The highest BCUT2D eigenvalue weighted by Crippen LogP contribution is 2.26. The maximum absolute atomic E-state index is 12.4. The molecule has 15 nitrogen and oxygen atoms in total. The minimum Gasteiger partial charge on any atom is -0.463 e. The molecule has 0 spiro atoms. The van der Waals surface area contributed by atoms with E-state index in [0.717, 1.165) is 24.9 Å². The fourth-order valence-corrected chi connectivity index (χ4v) is 11.3.